The molecule has 1 aliphatic heterocycles. The number of hydrogen-bond donors (Lipinski definition) is 1. The Morgan fingerprint density at radius 1 is 1.28 bits per heavy atom. The van der Waals surface area contributed by atoms with Gasteiger partial charge in [0.1, 0.15) is 5.69 Å². The van der Waals surface area contributed by atoms with Gasteiger partial charge in [-0.05, 0) is 43.9 Å². The predicted molar refractivity (Wildman–Crippen MR) is 101 cm³/mol. The van der Waals surface area contributed by atoms with Gasteiger partial charge >= 0.3 is 6.18 Å². The highest BCUT2D eigenvalue weighted by Crippen LogP contribution is 2.36. The highest BCUT2D eigenvalue weighted by atomic mass is 35.5. The lowest BCUT2D eigenvalue weighted by Gasteiger charge is -2.15. The fraction of sp³-hybridized carbons (Fsp3) is 0.444. The first-order valence-electron chi connectivity index (χ1n) is 9.04. The summed E-state index contributed by atoms with van der Waals surface area (Å²) in [7, 11) is -3.18. The summed E-state index contributed by atoms with van der Waals surface area (Å²) in [6.45, 7) is 0. The number of anilines is 1. The summed E-state index contributed by atoms with van der Waals surface area (Å²) in [5.74, 6) is -0.585. The van der Waals surface area contributed by atoms with Crippen LogP contribution >= 0.6 is 11.6 Å². The average Bonchev–Trinajstić information content (AvgIpc) is 3.26. The second kappa shape index (κ2) is 7.02. The van der Waals surface area contributed by atoms with E-state index in [4.69, 9.17) is 11.6 Å². The Hall–Kier alpha value is -2.07. The van der Waals surface area contributed by atoms with Gasteiger partial charge in [0.15, 0.2) is 9.84 Å². The van der Waals surface area contributed by atoms with Crippen LogP contribution in [0.5, 0.6) is 0 Å². The van der Waals surface area contributed by atoms with Crippen molar-refractivity contribution in [3.8, 4) is 0 Å². The van der Waals surface area contributed by atoms with Crippen LogP contribution in [-0.2, 0) is 28.9 Å². The number of nitrogens with one attached hydrogen (secondary N) is 1. The number of carbonyl (C=O) groups excluding carboxylic acids is 1. The van der Waals surface area contributed by atoms with Gasteiger partial charge < -0.3 is 5.32 Å². The van der Waals surface area contributed by atoms with E-state index < -0.39 is 38.5 Å². The lowest BCUT2D eigenvalue weighted by Crippen LogP contribution is -2.23. The van der Waals surface area contributed by atoms with Gasteiger partial charge in [0.2, 0.25) is 0 Å². The number of aryl methyl sites for hydroxylation is 1. The van der Waals surface area contributed by atoms with Gasteiger partial charge in [-0.15, -0.1) is 0 Å². The van der Waals surface area contributed by atoms with Crippen molar-refractivity contribution in [2.24, 2.45) is 0 Å². The van der Waals surface area contributed by atoms with Gasteiger partial charge in [-0.25, -0.2) is 8.42 Å². The Morgan fingerprint density at radius 3 is 2.66 bits per heavy atom. The highest BCUT2D eigenvalue weighted by Gasteiger charge is 2.36. The quantitative estimate of drug-likeness (QED) is 0.778. The molecule has 2 aromatic rings. The van der Waals surface area contributed by atoms with Crippen LogP contribution in [0.25, 0.3) is 0 Å². The summed E-state index contributed by atoms with van der Waals surface area (Å²) in [6, 6.07) is 2.56. The molecule has 1 aliphatic carbocycles. The SMILES string of the molecule is O=C(Nc1ccc(C(F)(F)F)c(Cl)c1)c1c2c(nn1C1CCS(=O)(=O)C1)CCC2. The molecule has 1 atom stereocenters. The summed E-state index contributed by atoms with van der Waals surface area (Å²) in [4.78, 5) is 13.0. The van der Waals surface area contributed by atoms with E-state index in [1.807, 2.05) is 0 Å². The molecule has 1 fully saturated rings. The Bertz CT molecular complexity index is 1100. The van der Waals surface area contributed by atoms with Crippen LogP contribution in [0, 0.1) is 0 Å². The molecule has 6 nitrogen and oxygen atoms in total. The van der Waals surface area contributed by atoms with E-state index in [1.54, 1.807) is 0 Å². The number of amides is 1. The molecular weight excluding hydrogens is 431 g/mol. The van der Waals surface area contributed by atoms with Gasteiger partial charge in [-0.1, -0.05) is 11.6 Å². The first kappa shape index (κ1) is 20.2. The third-order valence-corrected chi connectivity index (χ3v) is 7.30. The lowest BCUT2D eigenvalue weighted by atomic mass is 10.1. The van der Waals surface area contributed by atoms with E-state index in [0.717, 1.165) is 35.9 Å². The van der Waals surface area contributed by atoms with Crippen molar-refractivity contribution >= 4 is 33.0 Å². The van der Waals surface area contributed by atoms with Gasteiger partial charge in [-0.3, -0.25) is 9.48 Å². The van der Waals surface area contributed by atoms with Gasteiger partial charge in [-0.2, -0.15) is 18.3 Å². The summed E-state index contributed by atoms with van der Waals surface area (Å²) < 4.78 is 63.8. The number of fused-ring (bicyclic) bond motifs is 1. The minimum Gasteiger partial charge on any atom is -0.321 e. The number of halogens is 4. The van der Waals surface area contributed by atoms with Crippen molar-refractivity contribution in [3.63, 3.8) is 0 Å². The largest absolute Gasteiger partial charge is 0.417 e. The van der Waals surface area contributed by atoms with E-state index in [0.29, 0.717) is 19.3 Å². The van der Waals surface area contributed by atoms with E-state index in [1.165, 1.54) is 4.68 Å². The van der Waals surface area contributed by atoms with Crippen molar-refractivity contribution in [2.75, 3.05) is 16.8 Å². The van der Waals surface area contributed by atoms with E-state index in [-0.39, 0.29) is 22.9 Å². The molecule has 29 heavy (non-hydrogen) atoms. The first-order chi connectivity index (χ1) is 13.5. The molecule has 0 spiro atoms. The molecule has 0 saturated carbocycles. The molecule has 1 N–H and O–H groups in total. The molecule has 0 bridgehead atoms. The molecule has 4 rings (SSSR count). The number of aromatic nitrogens is 2. The van der Waals surface area contributed by atoms with E-state index in [9.17, 15) is 26.4 Å². The second-order valence-corrected chi connectivity index (χ2v) is 9.91. The molecule has 1 aromatic carbocycles. The monoisotopic (exact) mass is 447 g/mol. The minimum absolute atomic E-state index is 0.0394. The second-order valence-electron chi connectivity index (χ2n) is 7.28. The van der Waals surface area contributed by atoms with Crippen LogP contribution in [0.1, 0.15) is 46.2 Å². The molecule has 1 saturated heterocycles. The summed E-state index contributed by atoms with van der Waals surface area (Å²) in [5, 5.41) is 6.54. The Morgan fingerprint density at radius 2 is 2.03 bits per heavy atom. The standard InChI is InChI=1S/C18H17ClF3N3O3S/c19-14-8-10(4-5-13(14)18(20,21)22)23-17(26)16-12-2-1-3-15(12)24-25(16)11-6-7-29(27,28)9-11/h4-5,8,11H,1-3,6-7,9H2,(H,23,26). The normalized spacial score (nSPS) is 20.6. The number of rotatable bonds is 3. The van der Waals surface area contributed by atoms with Crippen molar-refractivity contribution in [1.29, 1.82) is 0 Å². The van der Waals surface area contributed by atoms with Crippen molar-refractivity contribution in [1.82, 2.24) is 9.78 Å². The Labute approximate surface area is 170 Å². The third-order valence-electron chi connectivity index (χ3n) is 5.23. The number of benzene rings is 1. The summed E-state index contributed by atoms with van der Waals surface area (Å²) in [5.41, 5.74) is 0.941. The molecule has 1 amide bonds. The van der Waals surface area contributed by atoms with Crippen molar-refractivity contribution in [2.45, 2.75) is 37.9 Å². The molecule has 0 radical (unpaired) electrons. The minimum atomic E-state index is -4.59. The Kier molecular flexibility index (Phi) is 4.89. The highest BCUT2D eigenvalue weighted by molar-refractivity contribution is 7.91. The number of alkyl halides is 3. The number of sulfone groups is 1. The fourth-order valence-electron chi connectivity index (χ4n) is 3.90. The number of carbonyl (C=O) groups is 1. The van der Waals surface area contributed by atoms with E-state index in [2.05, 4.69) is 10.4 Å². The molecular formula is C18H17ClF3N3O3S. The average molecular weight is 448 g/mol. The van der Waals surface area contributed by atoms with Gasteiger partial charge in [0, 0.05) is 11.3 Å². The van der Waals surface area contributed by atoms with E-state index >= 15 is 0 Å². The number of hydrogen-bond acceptors (Lipinski definition) is 4. The van der Waals surface area contributed by atoms with Crippen molar-refractivity contribution in [3.05, 3.63) is 45.7 Å². The number of nitrogens with zero attached hydrogens (tertiary/aromatic N) is 2. The lowest BCUT2D eigenvalue weighted by molar-refractivity contribution is -0.137. The molecule has 11 heteroatoms. The maximum absolute atomic E-state index is 13.0. The Balaban J connectivity index is 1.65. The molecule has 2 heterocycles. The molecule has 156 valence electrons. The van der Waals surface area contributed by atoms with Crippen LogP contribution < -0.4 is 5.32 Å². The van der Waals surface area contributed by atoms with Crippen LogP contribution in [0.4, 0.5) is 18.9 Å². The summed E-state index contributed by atoms with van der Waals surface area (Å²) >= 11 is 5.73. The van der Waals surface area contributed by atoms with Crippen LogP contribution in [0.2, 0.25) is 5.02 Å². The van der Waals surface area contributed by atoms with Gasteiger partial charge in [0.05, 0.1) is 33.8 Å². The smallest absolute Gasteiger partial charge is 0.321 e. The van der Waals surface area contributed by atoms with Gasteiger partial charge in [0.25, 0.3) is 5.91 Å². The zero-order chi connectivity index (χ0) is 21.0. The van der Waals surface area contributed by atoms with Crippen molar-refractivity contribution < 1.29 is 26.4 Å². The zero-order valence-electron chi connectivity index (χ0n) is 15.1. The first-order valence-corrected chi connectivity index (χ1v) is 11.2. The van der Waals surface area contributed by atoms with Crippen LogP contribution in [0.15, 0.2) is 18.2 Å². The van der Waals surface area contributed by atoms with Crippen LogP contribution in [-0.4, -0.2) is 35.6 Å². The molecule has 1 aromatic heterocycles. The third kappa shape index (κ3) is 3.87. The summed E-state index contributed by atoms with van der Waals surface area (Å²) in [6.07, 6.45) is -2.03. The molecule has 1 unspecified atom stereocenters. The maximum atomic E-state index is 13.0. The predicted octanol–water partition coefficient (Wildman–Crippen LogP) is 3.66. The fourth-order valence-corrected chi connectivity index (χ4v) is 5.88. The molecule has 2 aliphatic rings. The maximum Gasteiger partial charge on any atom is 0.417 e. The van der Waals surface area contributed by atoms with Crippen LogP contribution in [0.3, 0.4) is 0 Å². The zero-order valence-corrected chi connectivity index (χ0v) is 16.7. The topological polar surface area (TPSA) is 81.1 Å².